The molecule has 0 aliphatic carbocycles. The molecule has 1 fully saturated rings. The largest absolute Gasteiger partial charge is 0.492 e. The second-order valence-electron chi connectivity index (χ2n) is 5.62. The van der Waals surface area contributed by atoms with Gasteiger partial charge in [-0.05, 0) is 28.1 Å². The van der Waals surface area contributed by atoms with E-state index < -0.39 is 4.92 Å². The van der Waals surface area contributed by atoms with Crippen LogP contribution >= 0.6 is 0 Å². The lowest BCUT2D eigenvalue weighted by molar-refractivity contribution is -0.389. The second-order valence-corrected chi connectivity index (χ2v) is 5.62. The fraction of sp³-hybridized carbons (Fsp3) is 0.353. The minimum Gasteiger partial charge on any atom is -0.492 e. The highest BCUT2D eigenvalue weighted by molar-refractivity contribution is 5.46. The van der Waals surface area contributed by atoms with Gasteiger partial charge in [-0.15, -0.1) is 0 Å². The van der Waals surface area contributed by atoms with Gasteiger partial charge in [-0.25, -0.2) is 0 Å². The van der Waals surface area contributed by atoms with E-state index in [-0.39, 0.29) is 5.82 Å². The van der Waals surface area contributed by atoms with Crippen LogP contribution in [0.25, 0.3) is 0 Å². The van der Waals surface area contributed by atoms with Crippen molar-refractivity contribution < 1.29 is 9.66 Å². The molecule has 0 unspecified atom stereocenters. The Morgan fingerprint density at radius 1 is 1.08 bits per heavy atom. The number of aromatic nitrogens is 1. The lowest BCUT2D eigenvalue weighted by Gasteiger charge is -2.35. The van der Waals surface area contributed by atoms with Gasteiger partial charge < -0.3 is 19.8 Å². The van der Waals surface area contributed by atoms with E-state index in [4.69, 9.17) is 4.74 Å². The molecule has 0 spiro atoms. The van der Waals surface area contributed by atoms with Crippen LogP contribution in [0.15, 0.2) is 48.7 Å². The number of nitrogens with zero attached hydrogens (tertiary/aromatic N) is 4. The van der Waals surface area contributed by atoms with Crippen molar-refractivity contribution in [2.45, 2.75) is 0 Å². The lowest BCUT2D eigenvalue weighted by atomic mass is 10.2. The van der Waals surface area contributed by atoms with Gasteiger partial charge in [0.15, 0.2) is 6.20 Å². The monoisotopic (exact) mass is 328 g/mol. The van der Waals surface area contributed by atoms with Crippen LogP contribution in [-0.4, -0.2) is 54.1 Å². The summed E-state index contributed by atoms with van der Waals surface area (Å²) in [5.41, 5.74) is 0.931. The van der Waals surface area contributed by atoms with E-state index in [9.17, 15) is 10.1 Å². The molecule has 2 aromatic rings. The SMILES string of the molecule is O=[N+]([O-])c1ccc(N2CCN(CCOc3ccccc3)CC2)cn1. The summed E-state index contributed by atoms with van der Waals surface area (Å²) in [5, 5.41) is 10.6. The number of benzene rings is 1. The van der Waals surface area contributed by atoms with Crippen molar-refractivity contribution in [3.05, 3.63) is 58.8 Å². The number of rotatable bonds is 6. The van der Waals surface area contributed by atoms with Crippen molar-refractivity contribution in [3.63, 3.8) is 0 Å². The average Bonchev–Trinajstić information content (AvgIpc) is 2.63. The van der Waals surface area contributed by atoms with Crippen molar-refractivity contribution in [1.82, 2.24) is 9.88 Å². The van der Waals surface area contributed by atoms with Crippen LogP contribution in [0.2, 0.25) is 0 Å². The first-order chi connectivity index (χ1) is 11.7. The highest BCUT2D eigenvalue weighted by atomic mass is 16.6. The molecule has 3 rings (SSSR count). The van der Waals surface area contributed by atoms with Crippen LogP contribution in [0.4, 0.5) is 11.5 Å². The van der Waals surface area contributed by atoms with Gasteiger partial charge in [-0.1, -0.05) is 18.2 Å². The fourth-order valence-corrected chi connectivity index (χ4v) is 2.71. The molecule has 0 amide bonds. The first-order valence-electron chi connectivity index (χ1n) is 7.98. The zero-order chi connectivity index (χ0) is 16.8. The maximum Gasteiger partial charge on any atom is 0.363 e. The van der Waals surface area contributed by atoms with E-state index in [2.05, 4.69) is 14.8 Å². The van der Waals surface area contributed by atoms with E-state index in [0.29, 0.717) is 6.61 Å². The third kappa shape index (κ3) is 4.20. The molecule has 1 aromatic heterocycles. The third-order valence-corrected chi connectivity index (χ3v) is 4.08. The van der Waals surface area contributed by atoms with Gasteiger partial charge in [0.1, 0.15) is 12.4 Å². The standard InChI is InChI=1S/C17H20N4O3/c22-21(23)17-7-6-15(14-18-17)20-10-8-19(9-11-20)12-13-24-16-4-2-1-3-5-16/h1-7,14H,8-13H2. The Kier molecular flexibility index (Phi) is 5.22. The number of para-hydroxylation sites is 1. The van der Waals surface area contributed by atoms with Crippen LogP contribution in [-0.2, 0) is 0 Å². The zero-order valence-corrected chi connectivity index (χ0v) is 13.4. The van der Waals surface area contributed by atoms with Crippen molar-refractivity contribution in [1.29, 1.82) is 0 Å². The molecular weight excluding hydrogens is 308 g/mol. The topological polar surface area (TPSA) is 71.7 Å². The van der Waals surface area contributed by atoms with Gasteiger partial charge in [-0.2, -0.15) is 0 Å². The first kappa shape index (κ1) is 16.2. The van der Waals surface area contributed by atoms with Crippen LogP contribution in [0.5, 0.6) is 5.75 Å². The Hall–Kier alpha value is -2.67. The molecule has 0 atom stereocenters. The first-order valence-corrected chi connectivity index (χ1v) is 7.98. The molecule has 0 bridgehead atoms. The Morgan fingerprint density at radius 2 is 1.83 bits per heavy atom. The molecule has 7 heteroatoms. The van der Waals surface area contributed by atoms with Crippen LogP contribution in [0.1, 0.15) is 0 Å². The van der Waals surface area contributed by atoms with Gasteiger partial charge in [-0.3, -0.25) is 4.90 Å². The zero-order valence-electron chi connectivity index (χ0n) is 13.4. The van der Waals surface area contributed by atoms with Crippen LogP contribution in [0, 0.1) is 10.1 Å². The molecule has 2 heterocycles. The molecule has 24 heavy (non-hydrogen) atoms. The summed E-state index contributed by atoms with van der Waals surface area (Å²) in [7, 11) is 0. The van der Waals surface area contributed by atoms with Crippen LogP contribution < -0.4 is 9.64 Å². The van der Waals surface area contributed by atoms with Crippen molar-refractivity contribution in [3.8, 4) is 5.75 Å². The van der Waals surface area contributed by atoms with Gasteiger partial charge in [0.05, 0.1) is 5.69 Å². The van der Waals surface area contributed by atoms with Crippen molar-refractivity contribution in [2.75, 3.05) is 44.2 Å². The number of nitro groups is 1. The number of pyridine rings is 1. The number of piperazine rings is 1. The summed E-state index contributed by atoms with van der Waals surface area (Å²) in [6.07, 6.45) is 1.58. The summed E-state index contributed by atoms with van der Waals surface area (Å²) in [6, 6.07) is 13.0. The summed E-state index contributed by atoms with van der Waals surface area (Å²) in [4.78, 5) is 18.6. The smallest absolute Gasteiger partial charge is 0.363 e. The van der Waals surface area contributed by atoms with Gasteiger partial charge in [0.2, 0.25) is 0 Å². The fourth-order valence-electron chi connectivity index (χ4n) is 2.71. The maximum absolute atomic E-state index is 10.6. The number of anilines is 1. The van der Waals surface area contributed by atoms with E-state index in [1.165, 1.54) is 6.07 Å². The Morgan fingerprint density at radius 3 is 2.46 bits per heavy atom. The van der Waals surface area contributed by atoms with E-state index in [1.54, 1.807) is 12.3 Å². The predicted octanol–water partition coefficient (Wildman–Crippen LogP) is 2.19. The molecule has 1 aliphatic heterocycles. The van der Waals surface area contributed by atoms with Gasteiger partial charge in [0, 0.05) is 38.8 Å². The average molecular weight is 328 g/mol. The molecule has 126 valence electrons. The second kappa shape index (κ2) is 7.74. The summed E-state index contributed by atoms with van der Waals surface area (Å²) in [6.45, 7) is 5.20. The Balaban J connectivity index is 1.43. The Bertz CT molecular complexity index is 655. The molecule has 7 nitrogen and oxygen atoms in total. The Labute approximate surface area is 140 Å². The number of ether oxygens (including phenoxy) is 1. The maximum atomic E-state index is 10.6. The minimum absolute atomic E-state index is 0.115. The summed E-state index contributed by atoms with van der Waals surface area (Å²) in [5.74, 6) is 0.781. The van der Waals surface area contributed by atoms with Gasteiger partial charge in [0.25, 0.3) is 0 Å². The van der Waals surface area contributed by atoms with Crippen molar-refractivity contribution >= 4 is 11.5 Å². The highest BCUT2D eigenvalue weighted by Gasteiger charge is 2.18. The molecule has 0 saturated carbocycles. The summed E-state index contributed by atoms with van der Waals surface area (Å²) < 4.78 is 5.73. The number of hydrogen-bond acceptors (Lipinski definition) is 6. The van der Waals surface area contributed by atoms with E-state index in [1.807, 2.05) is 30.3 Å². The molecule has 0 radical (unpaired) electrons. The van der Waals surface area contributed by atoms with E-state index in [0.717, 1.165) is 44.2 Å². The molecule has 1 aliphatic rings. The molecular formula is C17H20N4O3. The summed E-state index contributed by atoms with van der Waals surface area (Å²) >= 11 is 0. The predicted molar refractivity (Wildman–Crippen MR) is 91.5 cm³/mol. The lowest BCUT2D eigenvalue weighted by Crippen LogP contribution is -2.47. The van der Waals surface area contributed by atoms with E-state index >= 15 is 0 Å². The number of hydrogen-bond donors (Lipinski definition) is 0. The van der Waals surface area contributed by atoms with Crippen LogP contribution in [0.3, 0.4) is 0 Å². The normalized spacial score (nSPS) is 15.2. The minimum atomic E-state index is -0.478. The molecule has 1 aromatic carbocycles. The van der Waals surface area contributed by atoms with Gasteiger partial charge >= 0.3 is 5.82 Å². The molecule has 1 saturated heterocycles. The highest BCUT2D eigenvalue weighted by Crippen LogP contribution is 2.18. The third-order valence-electron chi connectivity index (χ3n) is 4.08. The molecule has 0 N–H and O–H groups in total. The van der Waals surface area contributed by atoms with Crippen molar-refractivity contribution in [2.24, 2.45) is 0 Å². The quantitative estimate of drug-likeness (QED) is 0.598.